The Morgan fingerprint density at radius 3 is 2.30 bits per heavy atom. The average Bonchev–Trinajstić information content (AvgIpc) is 2.78. The van der Waals surface area contributed by atoms with Crippen molar-refractivity contribution in [2.75, 3.05) is 51.4 Å². The molecule has 1 aliphatic rings. The fourth-order valence-corrected chi connectivity index (χ4v) is 3.28. The van der Waals surface area contributed by atoms with Crippen molar-refractivity contribution in [3.05, 3.63) is 53.6 Å². The molecule has 3 rings (SSSR count). The van der Waals surface area contributed by atoms with Gasteiger partial charge in [-0.25, -0.2) is 4.79 Å². The second kappa shape index (κ2) is 10.0. The summed E-state index contributed by atoms with van der Waals surface area (Å²) in [5.41, 5.74) is 3.09. The zero-order valence-electron chi connectivity index (χ0n) is 17.7. The zero-order chi connectivity index (χ0) is 21.5. The molecule has 2 aromatic carbocycles. The molecule has 0 radical (unpaired) electrons. The lowest BCUT2D eigenvalue weighted by molar-refractivity contribution is -0.153. The summed E-state index contributed by atoms with van der Waals surface area (Å²) in [6.45, 7) is 6.00. The first kappa shape index (κ1) is 21.5. The Kier molecular flexibility index (Phi) is 7.17. The van der Waals surface area contributed by atoms with Crippen LogP contribution in [-0.4, -0.2) is 63.3 Å². The normalized spacial score (nSPS) is 13.7. The monoisotopic (exact) mass is 412 g/mol. The molecule has 0 atom stereocenters. The van der Waals surface area contributed by atoms with Gasteiger partial charge in [-0.15, -0.1) is 0 Å². The number of nitrogens with zero attached hydrogens (tertiary/aromatic N) is 2. The molecule has 0 N–H and O–H groups in total. The molecule has 1 aliphatic heterocycles. The van der Waals surface area contributed by atoms with Crippen LogP contribution >= 0.6 is 0 Å². The first-order valence-corrected chi connectivity index (χ1v) is 9.98. The highest BCUT2D eigenvalue weighted by molar-refractivity contribution is 5.81. The number of piperazine rings is 1. The smallest absolute Gasteiger partial charge is 0.344 e. The molecule has 0 saturated carbocycles. The highest BCUT2D eigenvalue weighted by Gasteiger charge is 2.22. The van der Waals surface area contributed by atoms with Crippen molar-refractivity contribution < 1.29 is 23.8 Å². The third kappa shape index (κ3) is 5.65. The highest BCUT2D eigenvalue weighted by atomic mass is 16.6. The van der Waals surface area contributed by atoms with Crippen LogP contribution in [0.4, 0.5) is 5.69 Å². The van der Waals surface area contributed by atoms with E-state index in [-0.39, 0.29) is 19.1 Å². The summed E-state index contributed by atoms with van der Waals surface area (Å²) in [6.07, 6.45) is 0. The van der Waals surface area contributed by atoms with Crippen molar-refractivity contribution in [3.8, 4) is 11.5 Å². The van der Waals surface area contributed by atoms with E-state index in [0.29, 0.717) is 18.8 Å². The van der Waals surface area contributed by atoms with Gasteiger partial charge in [-0.1, -0.05) is 12.1 Å². The number of benzene rings is 2. The Balaban J connectivity index is 1.40. The fourth-order valence-electron chi connectivity index (χ4n) is 3.28. The van der Waals surface area contributed by atoms with E-state index in [1.807, 2.05) is 56.3 Å². The Labute approximate surface area is 177 Å². The lowest BCUT2D eigenvalue weighted by Gasteiger charge is -2.36. The van der Waals surface area contributed by atoms with Crippen molar-refractivity contribution in [1.29, 1.82) is 0 Å². The molecule has 160 valence electrons. The number of aryl methyl sites for hydroxylation is 2. The van der Waals surface area contributed by atoms with E-state index in [4.69, 9.17) is 14.2 Å². The third-order valence-corrected chi connectivity index (χ3v) is 5.12. The van der Waals surface area contributed by atoms with Crippen LogP contribution in [0.3, 0.4) is 0 Å². The van der Waals surface area contributed by atoms with Crippen LogP contribution < -0.4 is 14.4 Å². The highest BCUT2D eigenvalue weighted by Crippen LogP contribution is 2.21. The van der Waals surface area contributed by atoms with E-state index < -0.39 is 5.97 Å². The van der Waals surface area contributed by atoms with Gasteiger partial charge in [0.25, 0.3) is 5.91 Å². The summed E-state index contributed by atoms with van der Waals surface area (Å²) in [7, 11) is 1.64. The lowest BCUT2D eigenvalue weighted by Crippen LogP contribution is -2.50. The molecule has 0 bridgehead atoms. The summed E-state index contributed by atoms with van der Waals surface area (Å²) in [6, 6.07) is 13.6. The molecule has 0 unspecified atom stereocenters. The number of hydrogen-bond acceptors (Lipinski definition) is 6. The number of amides is 1. The molecule has 7 heteroatoms. The zero-order valence-corrected chi connectivity index (χ0v) is 17.7. The molecule has 7 nitrogen and oxygen atoms in total. The number of hydrogen-bond donors (Lipinski definition) is 0. The van der Waals surface area contributed by atoms with Gasteiger partial charge in [0.2, 0.25) is 0 Å². The van der Waals surface area contributed by atoms with Crippen LogP contribution in [-0.2, 0) is 14.3 Å². The topological polar surface area (TPSA) is 68.3 Å². The minimum atomic E-state index is -0.555. The molecule has 1 amide bonds. The summed E-state index contributed by atoms with van der Waals surface area (Å²) in [4.78, 5) is 28.3. The van der Waals surface area contributed by atoms with Crippen molar-refractivity contribution in [2.24, 2.45) is 0 Å². The second-order valence-electron chi connectivity index (χ2n) is 7.28. The van der Waals surface area contributed by atoms with E-state index in [0.717, 1.165) is 35.7 Å². The van der Waals surface area contributed by atoms with Gasteiger partial charge >= 0.3 is 5.97 Å². The summed E-state index contributed by atoms with van der Waals surface area (Å²) >= 11 is 0. The number of methoxy groups -OCH3 is 1. The Morgan fingerprint density at radius 1 is 0.933 bits per heavy atom. The fraction of sp³-hybridized carbons (Fsp3) is 0.391. The third-order valence-electron chi connectivity index (χ3n) is 5.12. The van der Waals surface area contributed by atoms with Crippen LogP contribution in [0.25, 0.3) is 0 Å². The largest absolute Gasteiger partial charge is 0.497 e. The SMILES string of the molecule is COc1ccc(N2CCN(C(=O)COC(=O)COc3cc(C)ccc3C)CC2)cc1. The van der Waals surface area contributed by atoms with E-state index in [1.54, 1.807) is 12.0 Å². The van der Waals surface area contributed by atoms with Gasteiger partial charge in [0.05, 0.1) is 7.11 Å². The Morgan fingerprint density at radius 2 is 1.63 bits per heavy atom. The summed E-state index contributed by atoms with van der Waals surface area (Å²) in [5, 5.41) is 0. The van der Waals surface area contributed by atoms with E-state index >= 15 is 0 Å². The summed E-state index contributed by atoms with van der Waals surface area (Å²) in [5.74, 6) is 0.717. The quantitative estimate of drug-likeness (QED) is 0.651. The number of rotatable bonds is 7. The molecule has 0 aromatic heterocycles. The maximum Gasteiger partial charge on any atom is 0.344 e. The van der Waals surface area contributed by atoms with Crippen LogP contribution in [0.1, 0.15) is 11.1 Å². The molecule has 1 fully saturated rings. The molecule has 2 aromatic rings. The number of anilines is 1. The average molecular weight is 412 g/mol. The predicted octanol–water partition coefficient (Wildman–Crippen LogP) is 2.58. The standard InChI is InChI=1S/C23H28N2O5/c1-17-4-5-18(2)21(14-17)29-16-23(27)30-15-22(26)25-12-10-24(11-13-25)19-6-8-20(28-3)9-7-19/h4-9,14H,10-13,15-16H2,1-3H3. The van der Waals surface area contributed by atoms with Crippen LogP contribution in [0.15, 0.2) is 42.5 Å². The first-order chi connectivity index (χ1) is 14.5. The minimum Gasteiger partial charge on any atom is -0.497 e. The van der Waals surface area contributed by atoms with Crippen molar-refractivity contribution in [3.63, 3.8) is 0 Å². The van der Waals surface area contributed by atoms with Crippen LogP contribution in [0, 0.1) is 13.8 Å². The minimum absolute atomic E-state index is 0.190. The van der Waals surface area contributed by atoms with E-state index in [2.05, 4.69) is 4.90 Å². The van der Waals surface area contributed by atoms with Gasteiger partial charge in [0.15, 0.2) is 13.2 Å². The second-order valence-corrected chi connectivity index (χ2v) is 7.28. The molecule has 30 heavy (non-hydrogen) atoms. The van der Waals surface area contributed by atoms with Crippen molar-refractivity contribution in [2.45, 2.75) is 13.8 Å². The van der Waals surface area contributed by atoms with Crippen LogP contribution in [0.5, 0.6) is 11.5 Å². The Hall–Kier alpha value is -3.22. The van der Waals surface area contributed by atoms with Crippen LogP contribution in [0.2, 0.25) is 0 Å². The lowest BCUT2D eigenvalue weighted by atomic mass is 10.1. The van der Waals surface area contributed by atoms with Crippen molar-refractivity contribution >= 4 is 17.6 Å². The molecule has 0 aliphatic carbocycles. The van der Waals surface area contributed by atoms with Gasteiger partial charge in [-0.3, -0.25) is 4.79 Å². The molecule has 1 saturated heterocycles. The number of carbonyl (C=O) groups is 2. The molecule has 0 spiro atoms. The van der Waals surface area contributed by atoms with Crippen molar-refractivity contribution in [1.82, 2.24) is 4.90 Å². The van der Waals surface area contributed by atoms with Gasteiger partial charge in [-0.2, -0.15) is 0 Å². The molecular formula is C23H28N2O5. The number of esters is 1. The maximum absolute atomic E-state index is 12.4. The van der Waals surface area contributed by atoms with Gasteiger partial charge < -0.3 is 24.0 Å². The molecular weight excluding hydrogens is 384 g/mol. The van der Waals surface area contributed by atoms with E-state index in [1.165, 1.54) is 0 Å². The molecule has 1 heterocycles. The van der Waals surface area contributed by atoms with Gasteiger partial charge in [-0.05, 0) is 55.3 Å². The Bertz CT molecular complexity index is 874. The summed E-state index contributed by atoms with van der Waals surface area (Å²) < 4.78 is 15.8. The first-order valence-electron chi connectivity index (χ1n) is 9.98. The van der Waals surface area contributed by atoms with Gasteiger partial charge in [0, 0.05) is 31.9 Å². The van der Waals surface area contributed by atoms with E-state index in [9.17, 15) is 9.59 Å². The maximum atomic E-state index is 12.4. The number of ether oxygens (including phenoxy) is 3. The predicted molar refractivity (Wildman–Crippen MR) is 114 cm³/mol. The number of carbonyl (C=O) groups excluding carboxylic acids is 2. The van der Waals surface area contributed by atoms with Gasteiger partial charge in [0.1, 0.15) is 11.5 Å².